The van der Waals surface area contributed by atoms with Crippen LogP contribution in [0, 0.1) is 0 Å². The van der Waals surface area contributed by atoms with Crippen LogP contribution in [-0.4, -0.2) is 20.5 Å². The Morgan fingerprint density at radius 1 is 1.57 bits per heavy atom. The van der Waals surface area contributed by atoms with E-state index < -0.39 is 5.97 Å². The Morgan fingerprint density at radius 2 is 2.36 bits per heavy atom. The van der Waals surface area contributed by atoms with Gasteiger partial charge in [-0.05, 0) is 12.1 Å². The summed E-state index contributed by atoms with van der Waals surface area (Å²) in [5, 5.41) is 8.88. The van der Waals surface area contributed by atoms with E-state index in [0.29, 0.717) is 11.3 Å². The SMILES string of the molecule is O=C(O)c1cccc2nc(CCl)cn12. The number of pyridine rings is 1. The van der Waals surface area contributed by atoms with Crippen LogP contribution in [0.4, 0.5) is 0 Å². The molecular weight excluding hydrogens is 204 g/mol. The zero-order valence-electron chi connectivity index (χ0n) is 7.14. The van der Waals surface area contributed by atoms with E-state index in [-0.39, 0.29) is 11.6 Å². The van der Waals surface area contributed by atoms with Crippen LogP contribution in [0.25, 0.3) is 5.65 Å². The predicted molar refractivity (Wildman–Crippen MR) is 51.7 cm³/mol. The summed E-state index contributed by atoms with van der Waals surface area (Å²) >= 11 is 5.61. The number of hydrogen-bond acceptors (Lipinski definition) is 2. The number of fused-ring (bicyclic) bond motifs is 1. The van der Waals surface area contributed by atoms with Gasteiger partial charge in [-0.25, -0.2) is 9.78 Å². The smallest absolute Gasteiger partial charge is 0.352 e. The molecule has 0 radical (unpaired) electrons. The van der Waals surface area contributed by atoms with Gasteiger partial charge in [0.25, 0.3) is 0 Å². The number of carbonyl (C=O) groups is 1. The second-order valence-corrected chi connectivity index (χ2v) is 3.08. The van der Waals surface area contributed by atoms with Crippen molar-refractivity contribution < 1.29 is 9.90 Å². The number of nitrogens with zero attached hydrogens (tertiary/aromatic N) is 2. The molecule has 2 aromatic rings. The average Bonchev–Trinajstić information content (AvgIpc) is 2.59. The Hall–Kier alpha value is -1.55. The Bertz CT molecular complexity index is 493. The molecule has 2 rings (SSSR count). The topological polar surface area (TPSA) is 54.6 Å². The Kier molecular flexibility index (Phi) is 2.13. The van der Waals surface area contributed by atoms with Gasteiger partial charge >= 0.3 is 5.97 Å². The minimum atomic E-state index is -0.978. The first-order chi connectivity index (χ1) is 6.72. The van der Waals surface area contributed by atoms with Crippen molar-refractivity contribution in [3.63, 3.8) is 0 Å². The molecule has 0 atom stereocenters. The van der Waals surface area contributed by atoms with Crippen molar-refractivity contribution in [2.24, 2.45) is 0 Å². The molecule has 0 aliphatic carbocycles. The van der Waals surface area contributed by atoms with E-state index in [4.69, 9.17) is 16.7 Å². The van der Waals surface area contributed by atoms with Crippen molar-refractivity contribution in [3.8, 4) is 0 Å². The van der Waals surface area contributed by atoms with Gasteiger partial charge in [-0.1, -0.05) is 6.07 Å². The molecular formula is C9H7ClN2O2. The highest BCUT2D eigenvalue weighted by Crippen LogP contribution is 2.10. The molecule has 0 fully saturated rings. The van der Waals surface area contributed by atoms with Gasteiger partial charge < -0.3 is 5.11 Å². The van der Waals surface area contributed by atoms with E-state index in [1.807, 2.05) is 0 Å². The van der Waals surface area contributed by atoms with Gasteiger partial charge in [-0.2, -0.15) is 0 Å². The van der Waals surface area contributed by atoms with Gasteiger partial charge in [0.2, 0.25) is 0 Å². The lowest BCUT2D eigenvalue weighted by molar-refractivity contribution is 0.0689. The Balaban J connectivity index is 2.73. The molecule has 0 saturated carbocycles. The highest BCUT2D eigenvalue weighted by atomic mass is 35.5. The third-order valence-electron chi connectivity index (χ3n) is 1.90. The lowest BCUT2D eigenvalue weighted by Crippen LogP contribution is -2.03. The van der Waals surface area contributed by atoms with Crippen molar-refractivity contribution in [3.05, 3.63) is 35.8 Å². The van der Waals surface area contributed by atoms with Gasteiger partial charge in [0.15, 0.2) is 0 Å². The van der Waals surface area contributed by atoms with Crippen molar-refractivity contribution in [1.82, 2.24) is 9.38 Å². The Labute approximate surface area is 84.8 Å². The van der Waals surface area contributed by atoms with Crippen LogP contribution in [0.5, 0.6) is 0 Å². The van der Waals surface area contributed by atoms with Gasteiger partial charge in [0, 0.05) is 6.20 Å². The number of aromatic carboxylic acids is 1. The molecule has 0 bridgehead atoms. The maximum Gasteiger partial charge on any atom is 0.352 e. The van der Waals surface area contributed by atoms with Crippen LogP contribution in [-0.2, 0) is 5.88 Å². The molecule has 0 spiro atoms. The van der Waals surface area contributed by atoms with Crippen molar-refractivity contribution in [2.45, 2.75) is 5.88 Å². The van der Waals surface area contributed by atoms with Crippen molar-refractivity contribution >= 4 is 23.2 Å². The summed E-state index contributed by atoms with van der Waals surface area (Å²) < 4.78 is 1.51. The van der Waals surface area contributed by atoms with E-state index in [1.54, 1.807) is 18.3 Å². The summed E-state index contributed by atoms with van der Waals surface area (Å²) in [6.45, 7) is 0. The molecule has 0 saturated heterocycles. The van der Waals surface area contributed by atoms with Gasteiger partial charge in [0.1, 0.15) is 11.3 Å². The van der Waals surface area contributed by atoms with E-state index in [1.165, 1.54) is 10.5 Å². The fourth-order valence-corrected chi connectivity index (χ4v) is 1.43. The van der Waals surface area contributed by atoms with Crippen LogP contribution in [0.2, 0.25) is 0 Å². The van der Waals surface area contributed by atoms with Crippen LogP contribution in [0.3, 0.4) is 0 Å². The number of hydrogen-bond donors (Lipinski definition) is 1. The first-order valence-electron chi connectivity index (χ1n) is 3.98. The van der Waals surface area contributed by atoms with Gasteiger partial charge in [-0.15, -0.1) is 11.6 Å². The minimum Gasteiger partial charge on any atom is -0.477 e. The molecule has 2 heterocycles. The summed E-state index contributed by atoms with van der Waals surface area (Å²) in [5.74, 6) is -0.699. The molecule has 0 aliphatic rings. The number of aromatic nitrogens is 2. The van der Waals surface area contributed by atoms with Gasteiger partial charge in [-0.3, -0.25) is 4.40 Å². The molecule has 4 nitrogen and oxygen atoms in total. The van der Waals surface area contributed by atoms with Crippen LogP contribution < -0.4 is 0 Å². The highest BCUT2D eigenvalue weighted by Gasteiger charge is 2.09. The largest absolute Gasteiger partial charge is 0.477 e. The lowest BCUT2D eigenvalue weighted by Gasteiger charge is -1.97. The highest BCUT2D eigenvalue weighted by molar-refractivity contribution is 6.16. The molecule has 0 unspecified atom stereocenters. The lowest BCUT2D eigenvalue weighted by atomic mass is 10.3. The minimum absolute atomic E-state index is 0.186. The molecule has 14 heavy (non-hydrogen) atoms. The molecule has 0 aromatic carbocycles. The maximum atomic E-state index is 10.8. The first kappa shape index (κ1) is 9.02. The molecule has 2 aromatic heterocycles. The molecule has 0 amide bonds. The molecule has 5 heteroatoms. The zero-order valence-corrected chi connectivity index (χ0v) is 7.90. The predicted octanol–water partition coefficient (Wildman–Crippen LogP) is 1.77. The number of carboxylic acids is 1. The fraction of sp³-hybridized carbons (Fsp3) is 0.111. The van der Waals surface area contributed by atoms with E-state index >= 15 is 0 Å². The van der Waals surface area contributed by atoms with Crippen LogP contribution >= 0.6 is 11.6 Å². The third-order valence-corrected chi connectivity index (χ3v) is 2.17. The summed E-state index contributed by atoms with van der Waals surface area (Å²) in [4.78, 5) is 15.0. The zero-order chi connectivity index (χ0) is 10.1. The van der Waals surface area contributed by atoms with E-state index in [2.05, 4.69) is 4.98 Å². The fourth-order valence-electron chi connectivity index (χ4n) is 1.30. The summed E-state index contributed by atoms with van der Waals surface area (Å²) in [5.41, 5.74) is 1.45. The Morgan fingerprint density at radius 3 is 3.00 bits per heavy atom. The second-order valence-electron chi connectivity index (χ2n) is 2.81. The third kappa shape index (κ3) is 1.33. The molecule has 72 valence electrons. The quantitative estimate of drug-likeness (QED) is 0.769. The molecule has 1 N–H and O–H groups in total. The summed E-state index contributed by atoms with van der Waals surface area (Å²) in [6.07, 6.45) is 1.63. The van der Waals surface area contributed by atoms with E-state index in [9.17, 15) is 4.79 Å². The number of carboxylic acid groups (broad SMARTS) is 1. The monoisotopic (exact) mass is 210 g/mol. The standard InChI is InChI=1S/C9H7ClN2O2/c10-4-6-5-12-7(9(13)14)2-1-3-8(12)11-6/h1-3,5H,4H2,(H,13,14). The second kappa shape index (κ2) is 3.31. The van der Waals surface area contributed by atoms with Crippen molar-refractivity contribution in [1.29, 1.82) is 0 Å². The average molecular weight is 211 g/mol. The number of halogens is 1. The van der Waals surface area contributed by atoms with Crippen LogP contribution in [0.15, 0.2) is 24.4 Å². The molecule has 0 aliphatic heterocycles. The van der Waals surface area contributed by atoms with Crippen LogP contribution in [0.1, 0.15) is 16.2 Å². The first-order valence-corrected chi connectivity index (χ1v) is 4.52. The number of alkyl halides is 1. The van der Waals surface area contributed by atoms with Crippen molar-refractivity contribution in [2.75, 3.05) is 0 Å². The normalized spacial score (nSPS) is 10.6. The summed E-state index contributed by atoms with van der Waals surface area (Å²) in [6, 6.07) is 4.92. The summed E-state index contributed by atoms with van der Waals surface area (Å²) in [7, 11) is 0. The van der Waals surface area contributed by atoms with E-state index in [0.717, 1.165) is 0 Å². The van der Waals surface area contributed by atoms with Gasteiger partial charge in [0.05, 0.1) is 11.6 Å². The number of rotatable bonds is 2. The maximum absolute atomic E-state index is 10.8. The number of imidazole rings is 1.